The largest absolute Gasteiger partial charge is 0.482 e. The highest BCUT2D eigenvalue weighted by molar-refractivity contribution is 5.98. The second-order valence-corrected chi connectivity index (χ2v) is 5.32. The summed E-state index contributed by atoms with van der Waals surface area (Å²) in [6, 6.07) is 5.56. The Kier molecular flexibility index (Phi) is 4.62. The average Bonchev–Trinajstić information content (AvgIpc) is 2.43. The van der Waals surface area contributed by atoms with Crippen LogP contribution in [-0.4, -0.2) is 30.2 Å². The zero-order valence-corrected chi connectivity index (χ0v) is 12.0. The standard InChI is InChI=1S/C15H22N2O3/c1-10(2)17-12-8-11(13(18)4-3-7-16)5-6-14(12)20-9-15(17)19/h5-6,8,10,13,18H,3-4,7,9,16H2,1-2H3. The van der Waals surface area contributed by atoms with Crippen molar-refractivity contribution in [1.82, 2.24) is 0 Å². The Morgan fingerprint density at radius 2 is 2.20 bits per heavy atom. The molecule has 110 valence electrons. The summed E-state index contributed by atoms with van der Waals surface area (Å²) in [7, 11) is 0. The molecule has 0 aromatic heterocycles. The molecule has 5 nitrogen and oxygen atoms in total. The van der Waals surface area contributed by atoms with Crippen LogP contribution in [0.5, 0.6) is 5.75 Å². The first-order chi connectivity index (χ1) is 9.54. The maximum Gasteiger partial charge on any atom is 0.265 e. The lowest BCUT2D eigenvalue weighted by atomic mass is 10.0. The summed E-state index contributed by atoms with van der Waals surface area (Å²) in [6.07, 6.45) is 0.822. The quantitative estimate of drug-likeness (QED) is 0.857. The van der Waals surface area contributed by atoms with Gasteiger partial charge in [-0.3, -0.25) is 4.79 Å². The van der Waals surface area contributed by atoms with Crippen molar-refractivity contribution in [1.29, 1.82) is 0 Å². The third-order valence-corrected chi connectivity index (χ3v) is 3.45. The summed E-state index contributed by atoms with van der Waals surface area (Å²) in [6.45, 7) is 4.55. The number of carbonyl (C=O) groups excluding carboxylic acids is 1. The molecule has 20 heavy (non-hydrogen) atoms. The lowest BCUT2D eigenvalue weighted by Crippen LogP contribution is -2.43. The molecule has 1 aliphatic heterocycles. The highest BCUT2D eigenvalue weighted by Gasteiger charge is 2.28. The number of anilines is 1. The van der Waals surface area contributed by atoms with Crippen LogP contribution in [0.2, 0.25) is 0 Å². The Hall–Kier alpha value is -1.59. The summed E-state index contributed by atoms with van der Waals surface area (Å²) in [5.41, 5.74) is 6.99. The van der Waals surface area contributed by atoms with E-state index in [1.165, 1.54) is 0 Å². The van der Waals surface area contributed by atoms with Crippen molar-refractivity contribution in [2.45, 2.75) is 38.8 Å². The van der Waals surface area contributed by atoms with Gasteiger partial charge < -0.3 is 20.5 Å². The molecule has 1 amide bonds. The summed E-state index contributed by atoms with van der Waals surface area (Å²) < 4.78 is 5.44. The van der Waals surface area contributed by atoms with E-state index in [-0.39, 0.29) is 18.6 Å². The van der Waals surface area contributed by atoms with E-state index in [2.05, 4.69) is 0 Å². The molecule has 1 aliphatic rings. The number of nitrogens with two attached hydrogens (primary N) is 1. The SMILES string of the molecule is CC(C)N1C(=O)COc2ccc(C(O)CCCN)cc21. The van der Waals surface area contributed by atoms with E-state index in [1.54, 1.807) is 4.90 Å². The molecule has 0 bridgehead atoms. The molecule has 3 N–H and O–H groups in total. The van der Waals surface area contributed by atoms with Gasteiger partial charge in [-0.25, -0.2) is 0 Å². The van der Waals surface area contributed by atoms with Gasteiger partial charge in [0.05, 0.1) is 11.8 Å². The van der Waals surface area contributed by atoms with Gasteiger partial charge in [-0.15, -0.1) is 0 Å². The molecule has 0 fully saturated rings. The number of carbonyl (C=O) groups is 1. The number of rotatable bonds is 5. The van der Waals surface area contributed by atoms with Crippen molar-refractivity contribution < 1.29 is 14.6 Å². The van der Waals surface area contributed by atoms with Crippen molar-refractivity contribution in [2.75, 3.05) is 18.1 Å². The summed E-state index contributed by atoms with van der Waals surface area (Å²) in [5.74, 6) is 0.633. The lowest BCUT2D eigenvalue weighted by molar-refractivity contribution is -0.121. The highest BCUT2D eigenvalue weighted by atomic mass is 16.5. The van der Waals surface area contributed by atoms with Crippen molar-refractivity contribution in [3.8, 4) is 5.75 Å². The molecule has 1 atom stereocenters. The van der Waals surface area contributed by atoms with Crippen LogP contribution in [-0.2, 0) is 4.79 Å². The lowest BCUT2D eigenvalue weighted by Gasteiger charge is -2.33. The van der Waals surface area contributed by atoms with Gasteiger partial charge >= 0.3 is 0 Å². The Morgan fingerprint density at radius 3 is 2.85 bits per heavy atom. The van der Waals surface area contributed by atoms with E-state index < -0.39 is 6.10 Å². The second-order valence-electron chi connectivity index (χ2n) is 5.32. The monoisotopic (exact) mass is 278 g/mol. The number of aliphatic hydroxyl groups is 1. The van der Waals surface area contributed by atoms with E-state index in [4.69, 9.17) is 10.5 Å². The Morgan fingerprint density at radius 1 is 1.45 bits per heavy atom. The fourth-order valence-electron chi connectivity index (χ4n) is 2.44. The predicted octanol–water partition coefficient (Wildman–Crippen LogP) is 1.59. The van der Waals surface area contributed by atoms with Crippen molar-refractivity contribution in [3.63, 3.8) is 0 Å². The van der Waals surface area contributed by atoms with Crippen molar-refractivity contribution >= 4 is 11.6 Å². The predicted molar refractivity (Wildman–Crippen MR) is 77.8 cm³/mol. The molecular formula is C15H22N2O3. The number of amides is 1. The normalized spacial score (nSPS) is 16.1. The molecule has 0 saturated heterocycles. The molecule has 0 spiro atoms. The molecule has 1 heterocycles. The van der Waals surface area contributed by atoms with Crippen LogP contribution in [0.1, 0.15) is 38.4 Å². The summed E-state index contributed by atoms with van der Waals surface area (Å²) in [4.78, 5) is 13.7. The minimum absolute atomic E-state index is 0.0545. The van der Waals surface area contributed by atoms with Gasteiger partial charge in [-0.1, -0.05) is 6.07 Å². The number of benzene rings is 1. The molecule has 0 saturated carbocycles. The maximum atomic E-state index is 12.0. The van der Waals surface area contributed by atoms with E-state index in [0.717, 1.165) is 17.7 Å². The van der Waals surface area contributed by atoms with Gasteiger partial charge in [-0.2, -0.15) is 0 Å². The van der Waals surface area contributed by atoms with Gasteiger partial charge in [0.25, 0.3) is 5.91 Å². The zero-order valence-electron chi connectivity index (χ0n) is 12.0. The highest BCUT2D eigenvalue weighted by Crippen LogP contribution is 2.36. The van der Waals surface area contributed by atoms with Crippen molar-refractivity contribution in [3.05, 3.63) is 23.8 Å². The van der Waals surface area contributed by atoms with E-state index in [1.807, 2.05) is 32.0 Å². The molecule has 0 aliphatic carbocycles. The van der Waals surface area contributed by atoms with E-state index in [0.29, 0.717) is 18.7 Å². The summed E-state index contributed by atoms with van der Waals surface area (Å²) in [5, 5.41) is 10.1. The average molecular weight is 278 g/mol. The zero-order chi connectivity index (χ0) is 14.7. The molecule has 2 rings (SSSR count). The number of hydrogen-bond donors (Lipinski definition) is 2. The van der Waals surface area contributed by atoms with Gasteiger partial charge in [-0.05, 0) is 50.9 Å². The number of nitrogens with zero attached hydrogens (tertiary/aromatic N) is 1. The van der Waals surface area contributed by atoms with Gasteiger partial charge in [0.2, 0.25) is 0 Å². The molecule has 5 heteroatoms. The van der Waals surface area contributed by atoms with Crippen LogP contribution in [0.25, 0.3) is 0 Å². The maximum absolute atomic E-state index is 12.0. The first kappa shape index (κ1) is 14.8. The summed E-state index contributed by atoms with van der Waals surface area (Å²) >= 11 is 0. The van der Waals surface area contributed by atoms with Crippen LogP contribution in [0.15, 0.2) is 18.2 Å². The first-order valence-corrected chi connectivity index (χ1v) is 7.01. The molecular weight excluding hydrogens is 256 g/mol. The third-order valence-electron chi connectivity index (χ3n) is 3.45. The van der Waals surface area contributed by atoms with Crippen molar-refractivity contribution in [2.24, 2.45) is 5.73 Å². The Bertz CT molecular complexity index is 488. The Labute approximate surface area is 119 Å². The van der Waals surface area contributed by atoms with Crippen LogP contribution >= 0.6 is 0 Å². The van der Waals surface area contributed by atoms with Crippen LogP contribution < -0.4 is 15.4 Å². The van der Waals surface area contributed by atoms with E-state index >= 15 is 0 Å². The first-order valence-electron chi connectivity index (χ1n) is 7.01. The van der Waals surface area contributed by atoms with Crippen LogP contribution in [0.3, 0.4) is 0 Å². The molecule has 1 unspecified atom stereocenters. The second kappa shape index (κ2) is 6.24. The molecule has 0 radical (unpaired) electrons. The van der Waals surface area contributed by atoms with E-state index in [9.17, 15) is 9.90 Å². The third kappa shape index (κ3) is 2.94. The Balaban J connectivity index is 2.30. The number of hydrogen-bond acceptors (Lipinski definition) is 4. The topological polar surface area (TPSA) is 75.8 Å². The fourth-order valence-corrected chi connectivity index (χ4v) is 2.44. The number of aliphatic hydroxyl groups excluding tert-OH is 1. The van der Waals surface area contributed by atoms with Crippen LogP contribution in [0, 0.1) is 0 Å². The number of fused-ring (bicyclic) bond motifs is 1. The smallest absolute Gasteiger partial charge is 0.265 e. The molecule has 1 aromatic rings. The van der Waals surface area contributed by atoms with Gasteiger partial charge in [0.1, 0.15) is 5.75 Å². The molecule has 1 aromatic carbocycles. The number of ether oxygens (including phenoxy) is 1. The van der Waals surface area contributed by atoms with Gasteiger partial charge in [0.15, 0.2) is 6.61 Å². The van der Waals surface area contributed by atoms with Gasteiger partial charge in [0, 0.05) is 6.04 Å². The van der Waals surface area contributed by atoms with Crippen LogP contribution in [0.4, 0.5) is 5.69 Å². The minimum Gasteiger partial charge on any atom is -0.482 e. The minimum atomic E-state index is -0.560. The fraction of sp³-hybridized carbons (Fsp3) is 0.533.